The molecule has 5 heteroatoms. The number of para-hydroxylation sites is 3. The first-order chi connectivity index (χ1) is 26.7. The van der Waals surface area contributed by atoms with Crippen LogP contribution in [0.3, 0.4) is 0 Å². The highest BCUT2D eigenvalue weighted by atomic mass is 16.3. The standard InChI is InChI=1S/C49H33N3O2/c1-4-12-34(13-5-1)35-20-24-39(25-21-35)52(41-29-31-47-44(32-41)43-18-10-11-19-46(43)53-47)40-26-22-36(23-27-40)49-50-45-30-28-42(33-48(45)54-49)51(37-14-6-2-7-15-37)38-16-8-3-9-17-38/h1-33H. The molecule has 0 unspecified atom stereocenters. The molecule has 8 aromatic carbocycles. The number of furan rings is 1. The van der Waals surface area contributed by atoms with E-state index in [9.17, 15) is 0 Å². The van der Waals surface area contributed by atoms with E-state index in [0.717, 1.165) is 72.7 Å². The van der Waals surface area contributed by atoms with Gasteiger partial charge in [-0.1, -0.05) is 97.1 Å². The van der Waals surface area contributed by atoms with E-state index in [-0.39, 0.29) is 0 Å². The minimum Gasteiger partial charge on any atom is -0.456 e. The zero-order valence-electron chi connectivity index (χ0n) is 29.2. The summed E-state index contributed by atoms with van der Waals surface area (Å²) in [6, 6.07) is 69.1. The molecule has 0 saturated heterocycles. The van der Waals surface area contributed by atoms with Crippen LogP contribution in [-0.2, 0) is 0 Å². The van der Waals surface area contributed by atoms with E-state index in [1.54, 1.807) is 0 Å². The average molecular weight is 696 g/mol. The lowest BCUT2D eigenvalue weighted by Crippen LogP contribution is -2.09. The molecule has 2 heterocycles. The van der Waals surface area contributed by atoms with Crippen LogP contribution in [0.1, 0.15) is 0 Å². The summed E-state index contributed by atoms with van der Waals surface area (Å²) in [6.07, 6.45) is 0. The van der Waals surface area contributed by atoms with E-state index < -0.39 is 0 Å². The number of anilines is 6. The highest BCUT2D eigenvalue weighted by molar-refractivity contribution is 6.06. The lowest BCUT2D eigenvalue weighted by Gasteiger charge is -2.26. The third-order valence-corrected chi connectivity index (χ3v) is 9.88. The molecule has 0 amide bonds. The highest BCUT2D eigenvalue weighted by Crippen LogP contribution is 2.41. The Bertz CT molecular complexity index is 2820. The van der Waals surface area contributed by atoms with Crippen LogP contribution < -0.4 is 9.80 Å². The van der Waals surface area contributed by atoms with Crippen molar-refractivity contribution in [1.29, 1.82) is 0 Å². The van der Waals surface area contributed by atoms with Gasteiger partial charge in [-0.2, -0.15) is 0 Å². The number of benzene rings is 8. The Morgan fingerprint density at radius 2 is 0.796 bits per heavy atom. The summed E-state index contributed by atoms with van der Waals surface area (Å²) in [7, 11) is 0. The Labute approximate surface area is 312 Å². The fourth-order valence-corrected chi connectivity index (χ4v) is 7.26. The molecule has 0 fully saturated rings. The van der Waals surface area contributed by atoms with Crippen LogP contribution in [-0.4, -0.2) is 4.98 Å². The second kappa shape index (κ2) is 13.3. The van der Waals surface area contributed by atoms with Gasteiger partial charge in [0.25, 0.3) is 0 Å². The van der Waals surface area contributed by atoms with Crippen molar-refractivity contribution in [3.63, 3.8) is 0 Å². The molecule has 0 saturated carbocycles. The van der Waals surface area contributed by atoms with E-state index in [1.807, 2.05) is 36.4 Å². The molecule has 0 aliphatic carbocycles. The van der Waals surface area contributed by atoms with E-state index >= 15 is 0 Å². The number of fused-ring (bicyclic) bond motifs is 4. The molecule has 0 radical (unpaired) electrons. The molecular weight excluding hydrogens is 663 g/mol. The van der Waals surface area contributed by atoms with Crippen LogP contribution >= 0.6 is 0 Å². The SMILES string of the molecule is c1ccc(-c2ccc(N(c3ccc(-c4nc5ccc(N(c6ccccc6)c6ccccc6)cc5o4)cc3)c3ccc4oc5ccccc5c4c3)cc2)cc1. The van der Waals surface area contributed by atoms with Gasteiger partial charge >= 0.3 is 0 Å². The van der Waals surface area contributed by atoms with Gasteiger partial charge in [-0.3, -0.25) is 0 Å². The van der Waals surface area contributed by atoms with E-state index in [0.29, 0.717) is 5.89 Å². The van der Waals surface area contributed by atoms with Crippen molar-refractivity contribution in [3.8, 4) is 22.6 Å². The number of hydrogen-bond donors (Lipinski definition) is 0. The topological polar surface area (TPSA) is 45.7 Å². The van der Waals surface area contributed by atoms with Crippen LogP contribution in [0.25, 0.3) is 55.6 Å². The van der Waals surface area contributed by atoms with Gasteiger partial charge in [-0.25, -0.2) is 4.98 Å². The molecule has 54 heavy (non-hydrogen) atoms. The van der Waals surface area contributed by atoms with E-state index in [2.05, 4.69) is 174 Å². The summed E-state index contributed by atoms with van der Waals surface area (Å²) >= 11 is 0. The van der Waals surface area contributed by atoms with Crippen LogP contribution in [0.15, 0.2) is 209 Å². The van der Waals surface area contributed by atoms with Gasteiger partial charge in [0.15, 0.2) is 5.58 Å². The van der Waals surface area contributed by atoms with Crippen LogP contribution in [0.5, 0.6) is 0 Å². The van der Waals surface area contributed by atoms with Crippen molar-refractivity contribution in [2.24, 2.45) is 0 Å². The van der Waals surface area contributed by atoms with Crippen molar-refractivity contribution in [2.75, 3.05) is 9.80 Å². The third-order valence-electron chi connectivity index (χ3n) is 9.88. The summed E-state index contributed by atoms with van der Waals surface area (Å²) in [4.78, 5) is 9.41. The first-order valence-electron chi connectivity index (χ1n) is 18.0. The average Bonchev–Trinajstić information content (AvgIpc) is 3.84. The maximum Gasteiger partial charge on any atom is 0.227 e. The fourth-order valence-electron chi connectivity index (χ4n) is 7.26. The first kappa shape index (κ1) is 31.4. The van der Waals surface area contributed by atoms with Gasteiger partial charge in [-0.05, 0) is 108 Å². The van der Waals surface area contributed by atoms with Crippen molar-refractivity contribution in [2.45, 2.75) is 0 Å². The summed E-state index contributed by atoms with van der Waals surface area (Å²) in [5, 5.41) is 2.17. The zero-order valence-corrected chi connectivity index (χ0v) is 29.2. The summed E-state index contributed by atoms with van der Waals surface area (Å²) < 4.78 is 12.6. The molecule has 0 atom stereocenters. The Balaban J connectivity index is 1.02. The third kappa shape index (κ3) is 5.74. The monoisotopic (exact) mass is 695 g/mol. The quantitative estimate of drug-likeness (QED) is 0.158. The second-order valence-electron chi connectivity index (χ2n) is 13.3. The zero-order chi connectivity index (χ0) is 35.8. The molecule has 5 nitrogen and oxygen atoms in total. The van der Waals surface area contributed by atoms with Crippen molar-refractivity contribution in [3.05, 3.63) is 200 Å². The van der Waals surface area contributed by atoms with Gasteiger partial charge in [0.05, 0.1) is 0 Å². The largest absolute Gasteiger partial charge is 0.456 e. The number of oxazole rings is 1. The lowest BCUT2D eigenvalue weighted by molar-refractivity contribution is 0.620. The molecular formula is C49H33N3O2. The summed E-state index contributed by atoms with van der Waals surface area (Å²) in [5.41, 5.74) is 12.7. The maximum atomic E-state index is 6.46. The van der Waals surface area contributed by atoms with Gasteiger partial charge < -0.3 is 18.6 Å². The van der Waals surface area contributed by atoms with E-state index in [1.165, 1.54) is 11.1 Å². The predicted octanol–water partition coefficient (Wildman–Crippen LogP) is 14.0. The molecule has 0 aliphatic heterocycles. The summed E-state index contributed by atoms with van der Waals surface area (Å²) in [6.45, 7) is 0. The smallest absolute Gasteiger partial charge is 0.227 e. The van der Waals surface area contributed by atoms with Gasteiger partial charge in [0.1, 0.15) is 16.7 Å². The number of hydrogen-bond acceptors (Lipinski definition) is 5. The minimum atomic E-state index is 0.574. The maximum absolute atomic E-state index is 6.46. The number of aromatic nitrogens is 1. The molecule has 0 aliphatic rings. The Morgan fingerprint density at radius 1 is 0.315 bits per heavy atom. The Kier molecular flexibility index (Phi) is 7.73. The van der Waals surface area contributed by atoms with Crippen molar-refractivity contribution in [1.82, 2.24) is 4.98 Å². The fraction of sp³-hybridized carbons (Fsp3) is 0. The Hall–Kier alpha value is -7.37. The van der Waals surface area contributed by atoms with Gasteiger partial charge in [-0.15, -0.1) is 0 Å². The minimum absolute atomic E-state index is 0.574. The van der Waals surface area contributed by atoms with Crippen LogP contribution in [0, 0.1) is 0 Å². The van der Waals surface area contributed by atoms with Crippen LogP contribution in [0.4, 0.5) is 34.1 Å². The molecule has 256 valence electrons. The predicted molar refractivity (Wildman–Crippen MR) is 222 cm³/mol. The molecule has 2 aromatic heterocycles. The highest BCUT2D eigenvalue weighted by Gasteiger charge is 2.18. The normalized spacial score (nSPS) is 11.3. The Morgan fingerprint density at radius 3 is 1.46 bits per heavy atom. The lowest BCUT2D eigenvalue weighted by atomic mass is 10.0. The van der Waals surface area contributed by atoms with Crippen molar-refractivity contribution < 1.29 is 8.83 Å². The molecule has 10 aromatic rings. The molecule has 10 rings (SSSR count). The van der Waals surface area contributed by atoms with Gasteiger partial charge in [0.2, 0.25) is 5.89 Å². The van der Waals surface area contributed by atoms with E-state index in [4.69, 9.17) is 13.8 Å². The molecule has 0 spiro atoms. The number of nitrogens with zero attached hydrogens (tertiary/aromatic N) is 3. The molecule has 0 N–H and O–H groups in total. The molecule has 0 bridgehead atoms. The van der Waals surface area contributed by atoms with Crippen molar-refractivity contribution >= 4 is 67.2 Å². The number of rotatable bonds is 8. The van der Waals surface area contributed by atoms with Gasteiger partial charge in [0, 0.05) is 56.5 Å². The summed E-state index contributed by atoms with van der Waals surface area (Å²) in [5.74, 6) is 0.574. The first-order valence-corrected chi connectivity index (χ1v) is 18.0. The van der Waals surface area contributed by atoms with Crippen LogP contribution in [0.2, 0.25) is 0 Å². The second-order valence-corrected chi connectivity index (χ2v) is 13.3.